The highest BCUT2D eigenvalue weighted by Crippen LogP contribution is 2.33. The molecule has 0 aliphatic carbocycles. The Morgan fingerprint density at radius 2 is 1.92 bits per heavy atom. The van der Waals surface area contributed by atoms with Crippen molar-refractivity contribution in [1.29, 1.82) is 0 Å². The summed E-state index contributed by atoms with van der Waals surface area (Å²) in [5.74, 6) is -1.08. The minimum absolute atomic E-state index is 0.0410. The molecule has 0 spiro atoms. The molecule has 10 nitrogen and oxygen atoms in total. The van der Waals surface area contributed by atoms with E-state index in [9.17, 15) is 13.2 Å². The molecule has 0 bridgehead atoms. The van der Waals surface area contributed by atoms with Crippen molar-refractivity contribution >= 4 is 56.3 Å². The molecule has 2 heterocycles. The first-order chi connectivity index (χ1) is 17.5. The van der Waals surface area contributed by atoms with Gasteiger partial charge in [-0.1, -0.05) is 29.3 Å². The number of nitrogens with two attached hydrogens (primary N) is 1. The van der Waals surface area contributed by atoms with Gasteiger partial charge >= 0.3 is 0 Å². The van der Waals surface area contributed by atoms with Crippen molar-refractivity contribution in [2.24, 2.45) is 0 Å². The van der Waals surface area contributed by atoms with E-state index in [0.29, 0.717) is 13.1 Å². The summed E-state index contributed by atoms with van der Waals surface area (Å²) in [5, 5.41) is 6.83. The van der Waals surface area contributed by atoms with Gasteiger partial charge in [-0.15, -0.1) is 0 Å². The maximum absolute atomic E-state index is 15.1. The zero-order chi connectivity index (χ0) is 26.9. The van der Waals surface area contributed by atoms with Crippen LogP contribution in [0.25, 0.3) is 16.8 Å². The summed E-state index contributed by atoms with van der Waals surface area (Å²) >= 11 is 11.9. The number of fused-ring (bicyclic) bond motifs is 1. The van der Waals surface area contributed by atoms with Crippen molar-refractivity contribution in [3.8, 4) is 11.1 Å². The van der Waals surface area contributed by atoms with E-state index in [-0.39, 0.29) is 54.7 Å². The Morgan fingerprint density at radius 1 is 1.16 bits per heavy atom. The highest BCUT2D eigenvalue weighted by atomic mass is 35.5. The zero-order valence-electron chi connectivity index (χ0n) is 19.7. The number of amides is 1. The van der Waals surface area contributed by atoms with E-state index in [2.05, 4.69) is 20.1 Å². The Hall–Kier alpha value is -3.45. The second-order valence-corrected chi connectivity index (χ2v) is 10.7. The summed E-state index contributed by atoms with van der Waals surface area (Å²) in [7, 11) is -0.360. The molecule has 194 valence electrons. The Balaban J connectivity index is 1.61. The Labute approximate surface area is 222 Å². The van der Waals surface area contributed by atoms with Crippen LogP contribution in [0, 0.1) is 5.82 Å². The van der Waals surface area contributed by atoms with E-state index in [4.69, 9.17) is 28.9 Å². The molecule has 37 heavy (non-hydrogen) atoms. The molecule has 4 N–H and O–H groups in total. The fourth-order valence-electron chi connectivity index (χ4n) is 3.50. The summed E-state index contributed by atoms with van der Waals surface area (Å²) in [5.41, 5.74) is 6.90. The predicted octanol–water partition coefficient (Wildman–Crippen LogP) is 3.52. The first-order valence-electron chi connectivity index (χ1n) is 10.8. The SMILES string of the molecule is CN(C)CCNC(=O)c1cnn2c(N)c(-c3ccc(NS(=O)(=O)c4cccc(Cl)c4Cl)cc3F)cnc12. The second-order valence-electron chi connectivity index (χ2n) is 8.26. The van der Waals surface area contributed by atoms with Gasteiger partial charge in [-0.25, -0.2) is 17.8 Å². The lowest BCUT2D eigenvalue weighted by Crippen LogP contribution is -2.31. The highest BCUT2D eigenvalue weighted by Gasteiger charge is 2.22. The normalized spacial score (nSPS) is 11.7. The first-order valence-corrected chi connectivity index (χ1v) is 13.1. The zero-order valence-corrected chi connectivity index (χ0v) is 22.0. The van der Waals surface area contributed by atoms with E-state index in [1.807, 2.05) is 19.0 Å². The van der Waals surface area contributed by atoms with Crippen LogP contribution in [-0.2, 0) is 10.0 Å². The van der Waals surface area contributed by atoms with Gasteiger partial charge in [0.1, 0.15) is 22.1 Å². The third-order valence-corrected chi connectivity index (χ3v) is 7.72. The lowest BCUT2D eigenvalue weighted by Gasteiger charge is -2.13. The number of rotatable bonds is 8. The number of halogens is 3. The van der Waals surface area contributed by atoms with E-state index in [1.165, 1.54) is 47.2 Å². The van der Waals surface area contributed by atoms with Crippen LogP contribution in [-0.4, -0.2) is 61.0 Å². The summed E-state index contributed by atoms with van der Waals surface area (Å²) in [6, 6.07) is 7.89. The lowest BCUT2D eigenvalue weighted by molar-refractivity contribution is 0.0952. The van der Waals surface area contributed by atoms with E-state index in [1.54, 1.807) is 0 Å². The van der Waals surface area contributed by atoms with E-state index in [0.717, 1.165) is 6.07 Å². The number of nitrogens with zero attached hydrogens (tertiary/aromatic N) is 4. The molecule has 4 aromatic rings. The average molecular weight is 566 g/mol. The molecule has 0 aliphatic rings. The molecule has 1 amide bonds. The predicted molar refractivity (Wildman–Crippen MR) is 141 cm³/mol. The van der Waals surface area contributed by atoms with Gasteiger partial charge in [0.15, 0.2) is 5.65 Å². The maximum atomic E-state index is 15.1. The Morgan fingerprint density at radius 3 is 2.62 bits per heavy atom. The molecule has 0 aliphatic heterocycles. The van der Waals surface area contributed by atoms with Gasteiger partial charge in [0.05, 0.1) is 21.9 Å². The average Bonchev–Trinajstić information content (AvgIpc) is 3.26. The van der Waals surface area contributed by atoms with Crippen LogP contribution in [0.15, 0.2) is 53.7 Å². The van der Waals surface area contributed by atoms with Gasteiger partial charge in [-0.05, 0) is 44.4 Å². The fourth-order valence-corrected chi connectivity index (χ4v) is 5.32. The number of nitrogen functional groups attached to an aromatic ring is 1. The van der Waals surface area contributed by atoms with Crippen molar-refractivity contribution in [2.75, 3.05) is 37.6 Å². The van der Waals surface area contributed by atoms with Crippen molar-refractivity contribution in [3.63, 3.8) is 0 Å². The first kappa shape index (κ1) is 26.6. The van der Waals surface area contributed by atoms with Crippen LogP contribution in [0.5, 0.6) is 0 Å². The lowest BCUT2D eigenvalue weighted by atomic mass is 10.1. The van der Waals surface area contributed by atoms with Crippen LogP contribution in [0.2, 0.25) is 10.0 Å². The number of carbonyl (C=O) groups excluding carboxylic acids is 1. The third-order valence-electron chi connectivity index (χ3n) is 5.37. The number of likely N-dealkylation sites (N-methyl/N-ethyl adjacent to an activating group) is 1. The summed E-state index contributed by atoms with van der Waals surface area (Å²) in [6.45, 7) is 1.09. The molecular weight excluding hydrogens is 544 g/mol. The van der Waals surface area contributed by atoms with Crippen LogP contribution in [0.3, 0.4) is 0 Å². The van der Waals surface area contributed by atoms with E-state index < -0.39 is 15.8 Å². The van der Waals surface area contributed by atoms with Crippen LogP contribution < -0.4 is 15.8 Å². The minimum atomic E-state index is -4.14. The summed E-state index contributed by atoms with van der Waals surface area (Å²) in [4.78, 5) is 18.5. The summed E-state index contributed by atoms with van der Waals surface area (Å²) in [6.07, 6.45) is 2.67. The number of carbonyl (C=O) groups is 1. The molecule has 4 rings (SSSR count). The molecule has 14 heteroatoms. The van der Waals surface area contributed by atoms with Gasteiger partial charge < -0.3 is 16.0 Å². The number of hydrogen-bond acceptors (Lipinski definition) is 7. The molecule has 0 fully saturated rings. The topological polar surface area (TPSA) is 135 Å². The van der Waals surface area contributed by atoms with Gasteiger partial charge in [-0.3, -0.25) is 9.52 Å². The van der Waals surface area contributed by atoms with Gasteiger partial charge in [0, 0.05) is 30.4 Å². The van der Waals surface area contributed by atoms with Gasteiger partial charge in [-0.2, -0.15) is 9.61 Å². The monoisotopic (exact) mass is 565 g/mol. The van der Waals surface area contributed by atoms with Crippen molar-refractivity contribution in [2.45, 2.75) is 4.90 Å². The number of aromatic nitrogens is 3. The molecule has 0 saturated carbocycles. The molecular formula is C23H22Cl2FN7O3S. The van der Waals surface area contributed by atoms with Gasteiger partial charge in [0.2, 0.25) is 0 Å². The number of nitrogens with one attached hydrogen (secondary N) is 2. The molecule has 2 aromatic heterocycles. The molecule has 0 radical (unpaired) electrons. The molecule has 0 saturated heterocycles. The Kier molecular flexibility index (Phi) is 7.55. The minimum Gasteiger partial charge on any atom is -0.383 e. The largest absolute Gasteiger partial charge is 0.383 e. The fraction of sp³-hybridized carbons (Fsp3) is 0.174. The number of hydrogen-bond donors (Lipinski definition) is 3. The van der Waals surface area contributed by atoms with Crippen molar-refractivity contribution in [1.82, 2.24) is 24.8 Å². The molecule has 0 atom stereocenters. The van der Waals surface area contributed by atoms with Crippen LogP contribution in [0.1, 0.15) is 10.4 Å². The van der Waals surface area contributed by atoms with Crippen molar-refractivity contribution in [3.05, 3.63) is 70.2 Å². The quantitative estimate of drug-likeness (QED) is 0.297. The third kappa shape index (κ3) is 5.47. The number of anilines is 2. The number of sulfonamides is 1. The second kappa shape index (κ2) is 10.5. The highest BCUT2D eigenvalue weighted by molar-refractivity contribution is 7.92. The molecule has 2 aromatic carbocycles. The van der Waals surface area contributed by atoms with Crippen molar-refractivity contribution < 1.29 is 17.6 Å². The van der Waals surface area contributed by atoms with Crippen LogP contribution in [0.4, 0.5) is 15.9 Å². The standard InChI is InChI=1S/C23H22Cl2FN7O3S/c1-32(2)9-8-28-23(34)16-12-30-33-21(27)15(11-29-22(16)33)14-7-6-13(10-18(14)26)31-37(35,36)19-5-3-4-17(24)20(19)25/h3-7,10-12,31H,8-9,27H2,1-2H3,(H,28,34). The summed E-state index contributed by atoms with van der Waals surface area (Å²) < 4.78 is 44.1. The Bertz CT molecular complexity index is 1610. The smallest absolute Gasteiger partial charge is 0.263 e. The van der Waals surface area contributed by atoms with Gasteiger partial charge in [0.25, 0.3) is 15.9 Å². The molecule has 0 unspecified atom stereocenters. The number of benzene rings is 2. The van der Waals surface area contributed by atoms with E-state index >= 15 is 4.39 Å². The van der Waals surface area contributed by atoms with Crippen LogP contribution >= 0.6 is 23.2 Å². The maximum Gasteiger partial charge on any atom is 0.263 e.